The van der Waals surface area contributed by atoms with E-state index in [2.05, 4.69) is 34.9 Å². The van der Waals surface area contributed by atoms with Crippen LogP contribution in [0.1, 0.15) is 55.6 Å². The van der Waals surface area contributed by atoms with Crippen molar-refractivity contribution in [3.05, 3.63) is 59.7 Å². The molecule has 178 valence electrons. The summed E-state index contributed by atoms with van der Waals surface area (Å²) in [4.78, 5) is 37.2. The van der Waals surface area contributed by atoms with E-state index >= 15 is 0 Å². The van der Waals surface area contributed by atoms with Crippen molar-refractivity contribution in [1.82, 2.24) is 10.6 Å². The highest BCUT2D eigenvalue weighted by Gasteiger charge is 2.45. The van der Waals surface area contributed by atoms with Gasteiger partial charge in [0.15, 0.2) is 0 Å². The van der Waals surface area contributed by atoms with Gasteiger partial charge in [-0.15, -0.1) is 0 Å². The number of benzene rings is 2. The number of aliphatic carboxylic acids is 1. The molecule has 2 aromatic rings. The van der Waals surface area contributed by atoms with Crippen molar-refractivity contribution in [2.45, 2.75) is 50.5 Å². The van der Waals surface area contributed by atoms with Crippen LogP contribution in [0.5, 0.6) is 0 Å². The van der Waals surface area contributed by atoms with Crippen LogP contribution >= 0.6 is 0 Å². The maximum Gasteiger partial charge on any atom is 0.407 e. The Hall–Kier alpha value is -3.35. The average Bonchev–Trinajstić information content (AvgIpc) is 3.57. The van der Waals surface area contributed by atoms with Gasteiger partial charge < -0.3 is 20.5 Å². The molecule has 3 aliphatic rings. The van der Waals surface area contributed by atoms with Crippen LogP contribution in [0.15, 0.2) is 48.5 Å². The molecule has 2 amide bonds. The summed E-state index contributed by atoms with van der Waals surface area (Å²) in [7, 11) is 0. The van der Waals surface area contributed by atoms with E-state index in [4.69, 9.17) is 4.74 Å². The molecule has 0 aromatic heterocycles. The van der Waals surface area contributed by atoms with Crippen molar-refractivity contribution < 1.29 is 24.2 Å². The molecule has 7 heteroatoms. The third kappa shape index (κ3) is 4.39. The lowest BCUT2D eigenvalue weighted by Crippen LogP contribution is -2.53. The molecule has 5 rings (SSSR count). The van der Waals surface area contributed by atoms with E-state index in [1.54, 1.807) is 0 Å². The molecule has 2 aromatic carbocycles. The number of fused-ring (bicyclic) bond motifs is 3. The second kappa shape index (κ2) is 9.12. The second-order valence-electron chi connectivity index (χ2n) is 9.86. The smallest absolute Gasteiger partial charge is 0.407 e. The van der Waals surface area contributed by atoms with Gasteiger partial charge in [0.05, 0.1) is 5.41 Å². The van der Waals surface area contributed by atoms with Crippen LogP contribution in [0, 0.1) is 11.3 Å². The van der Waals surface area contributed by atoms with Gasteiger partial charge >= 0.3 is 12.1 Å². The second-order valence-corrected chi connectivity index (χ2v) is 9.86. The topological polar surface area (TPSA) is 105 Å². The zero-order valence-electron chi connectivity index (χ0n) is 19.1. The molecule has 7 nitrogen and oxygen atoms in total. The third-order valence-electron chi connectivity index (χ3n) is 7.58. The molecule has 0 heterocycles. The van der Waals surface area contributed by atoms with Gasteiger partial charge in [0.1, 0.15) is 12.6 Å². The zero-order valence-corrected chi connectivity index (χ0v) is 19.1. The molecule has 2 fully saturated rings. The molecule has 0 aliphatic heterocycles. The molecule has 0 radical (unpaired) electrons. The molecule has 34 heavy (non-hydrogen) atoms. The Bertz CT molecular complexity index is 1060. The minimum Gasteiger partial charge on any atom is -0.481 e. The van der Waals surface area contributed by atoms with E-state index in [9.17, 15) is 19.5 Å². The number of amides is 2. The Morgan fingerprint density at radius 3 is 2.15 bits per heavy atom. The fourth-order valence-corrected chi connectivity index (χ4v) is 5.15. The molecule has 0 spiro atoms. The van der Waals surface area contributed by atoms with Gasteiger partial charge in [-0.25, -0.2) is 4.79 Å². The third-order valence-corrected chi connectivity index (χ3v) is 7.58. The number of carbonyl (C=O) groups excluding carboxylic acids is 2. The highest BCUT2D eigenvalue weighted by Crippen LogP contribution is 2.44. The quantitative estimate of drug-likeness (QED) is 0.521. The van der Waals surface area contributed by atoms with Crippen molar-refractivity contribution in [2.75, 3.05) is 13.2 Å². The summed E-state index contributed by atoms with van der Waals surface area (Å²) >= 11 is 0. The van der Waals surface area contributed by atoms with Gasteiger partial charge in [-0.05, 0) is 47.4 Å². The Labute approximate surface area is 198 Å². The number of nitrogens with one attached hydrogen (secondary N) is 2. The summed E-state index contributed by atoms with van der Waals surface area (Å²) in [5, 5.41) is 15.0. The van der Waals surface area contributed by atoms with Crippen LogP contribution in [0.3, 0.4) is 0 Å². The van der Waals surface area contributed by atoms with Crippen LogP contribution in [0.2, 0.25) is 0 Å². The Balaban J connectivity index is 1.21. The number of ether oxygens (including phenoxy) is 1. The van der Waals surface area contributed by atoms with Gasteiger partial charge in [-0.1, -0.05) is 67.8 Å². The lowest BCUT2D eigenvalue weighted by Gasteiger charge is -2.37. The minimum atomic E-state index is -0.873. The van der Waals surface area contributed by atoms with Crippen molar-refractivity contribution in [3.8, 4) is 11.1 Å². The summed E-state index contributed by atoms with van der Waals surface area (Å²) in [5.41, 5.74) is 3.69. The standard InChI is InChI=1S/C27H30N2O5/c30-24(28-16-27(25(31)32)12-5-13-27)23(14-17-10-11-17)29-26(33)34-15-22-20-8-3-1-6-18(20)19-7-2-4-9-21(19)22/h1-4,6-9,17,22-23H,5,10-16H2,(H,28,30)(H,29,33)(H,31,32)/t23-/m0/s1. The van der Waals surface area contributed by atoms with Gasteiger partial charge in [-0.3, -0.25) is 9.59 Å². The van der Waals surface area contributed by atoms with Gasteiger partial charge in [0.2, 0.25) is 5.91 Å². The monoisotopic (exact) mass is 462 g/mol. The maximum atomic E-state index is 12.9. The highest BCUT2D eigenvalue weighted by atomic mass is 16.5. The molecular formula is C27H30N2O5. The number of carboxylic acid groups (broad SMARTS) is 1. The first-order chi connectivity index (χ1) is 16.5. The normalized spacial score (nSPS) is 18.7. The lowest BCUT2D eigenvalue weighted by molar-refractivity contribution is -0.154. The summed E-state index contributed by atoms with van der Waals surface area (Å²) < 4.78 is 5.61. The number of hydrogen-bond acceptors (Lipinski definition) is 4. The fourth-order valence-electron chi connectivity index (χ4n) is 5.15. The van der Waals surface area contributed by atoms with Gasteiger partial charge in [0.25, 0.3) is 0 Å². The fraction of sp³-hybridized carbons (Fsp3) is 0.444. The Morgan fingerprint density at radius 2 is 1.62 bits per heavy atom. The molecule has 3 N–H and O–H groups in total. The molecule has 3 aliphatic carbocycles. The number of carboxylic acids is 1. The van der Waals surface area contributed by atoms with Crippen LogP contribution in [-0.2, 0) is 14.3 Å². The molecule has 0 saturated heterocycles. The minimum absolute atomic E-state index is 0.0529. The van der Waals surface area contributed by atoms with Crippen molar-refractivity contribution >= 4 is 18.0 Å². The largest absolute Gasteiger partial charge is 0.481 e. The summed E-state index contributed by atoms with van der Waals surface area (Å²) in [5.74, 6) is -0.861. The van der Waals surface area contributed by atoms with E-state index in [0.717, 1.165) is 41.5 Å². The first-order valence-corrected chi connectivity index (χ1v) is 12.1. The van der Waals surface area contributed by atoms with E-state index in [-0.39, 0.29) is 25.0 Å². The summed E-state index contributed by atoms with van der Waals surface area (Å²) in [6.45, 7) is 0.272. The average molecular weight is 463 g/mol. The van der Waals surface area contributed by atoms with E-state index in [1.807, 2.05) is 24.3 Å². The Kier molecular flexibility index (Phi) is 6.02. The number of alkyl carbamates (subject to hydrolysis) is 1. The van der Waals surface area contributed by atoms with E-state index in [1.165, 1.54) is 0 Å². The van der Waals surface area contributed by atoms with Crippen molar-refractivity contribution in [1.29, 1.82) is 0 Å². The van der Waals surface area contributed by atoms with Crippen molar-refractivity contribution in [2.24, 2.45) is 11.3 Å². The number of hydrogen-bond donors (Lipinski definition) is 3. The predicted octanol–water partition coefficient (Wildman–Crippen LogP) is 4.06. The molecule has 0 unspecified atom stereocenters. The number of rotatable bonds is 9. The summed E-state index contributed by atoms with van der Waals surface area (Å²) in [6, 6.07) is 15.5. The molecular weight excluding hydrogens is 432 g/mol. The number of carbonyl (C=O) groups is 3. The molecule has 1 atom stereocenters. The first kappa shape index (κ1) is 22.4. The maximum absolute atomic E-state index is 12.9. The zero-order chi connectivity index (χ0) is 23.7. The first-order valence-electron chi connectivity index (χ1n) is 12.1. The van der Waals surface area contributed by atoms with Crippen LogP contribution in [0.25, 0.3) is 11.1 Å². The predicted molar refractivity (Wildman–Crippen MR) is 126 cm³/mol. The van der Waals surface area contributed by atoms with Crippen LogP contribution in [-0.4, -0.2) is 42.3 Å². The van der Waals surface area contributed by atoms with Crippen molar-refractivity contribution in [3.63, 3.8) is 0 Å². The highest BCUT2D eigenvalue weighted by molar-refractivity contribution is 5.86. The van der Waals surface area contributed by atoms with Crippen LogP contribution in [0.4, 0.5) is 4.79 Å². The van der Waals surface area contributed by atoms with E-state index < -0.39 is 23.5 Å². The Morgan fingerprint density at radius 1 is 1.00 bits per heavy atom. The SMILES string of the molecule is O=C(N[C@@H](CC1CC1)C(=O)NCC1(C(=O)O)CCC1)OCC1c2ccccc2-c2ccccc21. The molecule has 0 bridgehead atoms. The molecule has 2 saturated carbocycles. The lowest BCUT2D eigenvalue weighted by atomic mass is 9.69. The van der Waals surface area contributed by atoms with Gasteiger partial charge in [-0.2, -0.15) is 0 Å². The summed E-state index contributed by atoms with van der Waals surface area (Å²) in [6.07, 6.45) is 3.97. The van der Waals surface area contributed by atoms with Gasteiger partial charge in [0, 0.05) is 12.5 Å². The van der Waals surface area contributed by atoms with Crippen LogP contribution < -0.4 is 10.6 Å². The van der Waals surface area contributed by atoms with E-state index in [0.29, 0.717) is 25.2 Å².